The second kappa shape index (κ2) is 10.5. The van der Waals surface area contributed by atoms with Crippen LogP contribution < -0.4 is 0 Å². The van der Waals surface area contributed by atoms with Crippen LogP contribution in [0.2, 0.25) is 0 Å². The summed E-state index contributed by atoms with van der Waals surface area (Å²) >= 11 is 0. The molecule has 0 rings (SSSR count). The van der Waals surface area contributed by atoms with Crippen LogP contribution in [-0.4, -0.2) is 62.5 Å². The Morgan fingerprint density at radius 2 is 2.06 bits per heavy atom. The van der Waals surface area contributed by atoms with E-state index in [-0.39, 0.29) is 18.6 Å². The van der Waals surface area contributed by atoms with Gasteiger partial charge in [-0.2, -0.15) is 0 Å². The van der Waals surface area contributed by atoms with E-state index in [9.17, 15) is 4.79 Å². The number of carbonyl (C=O) groups is 1. The molecule has 0 bridgehead atoms. The van der Waals surface area contributed by atoms with Gasteiger partial charge < -0.3 is 14.6 Å². The van der Waals surface area contributed by atoms with Gasteiger partial charge in [0.05, 0.1) is 20.3 Å². The Labute approximate surface area is 104 Å². The molecule has 0 saturated carbocycles. The number of aliphatic hydroxyl groups is 1. The van der Waals surface area contributed by atoms with Crippen LogP contribution in [-0.2, 0) is 14.3 Å². The molecule has 1 N–H and O–H groups in total. The van der Waals surface area contributed by atoms with Crippen LogP contribution in [0.15, 0.2) is 0 Å². The Bertz CT molecular complexity index is 199. The largest absolute Gasteiger partial charge is 0.468 e. The molecule has 0 aliphatic rings. The van der Waals surface area contributed by atoms with Gasteiger partial charge in [-0.3, -0.25) is 9.69 Å². The van der Waals surface area contributed by atoms with Crippen molar-refractivity contribution in [3.63, 3.8) is 0 Å². The number of methoxy groups -OCH3 is 2. The molecule has 0 aliphatic heterocycles. The van der Waals surface area contributed by atoms with Gasteiger partial charge in [0.1, 0.15) is 6.04 Å². The third-order valence-corrected chi connectivity index (χ3v) is 2.71. The maximum atomic E-state index is 11.7. The lowest BCUT2D eigenvalue weighted by molar-refractivity contribution is -0.147. The quantitative estimate of drug-likeness (QED) is 0.575. The highest BCUT2D eigenvalue weighted by atomic mass is 16.5. The summed E-state index contributed by atoms with van der Waals surface area (Å²) in [6.07, 6.45) is 2.76. The second-order valence-electron chi connectivity index (χ2n) is 3.93. The Balaban J connectivity index is 4.48. The van der Waals surface area contributed by atoms with Crippen LogP contribution >= 0.6 is 0 Å². The number of nitrogens with zero attached hydrogens (tertiary/aromatic N) is 1. The van der Waals surface area contributed by atoms with Crippen molar-refractivity contribution in [3.8, 4) is 0 Å². The van der Waals surface area contributed by atoms with Gasteiger partial charge in [0, 0.05) is 20.2 Å². The maximum Gasteiger partial charge on any atom is 0.323 e. The molecule has 0 saturated heterocycles. The molecule has 102 valence electrons. The summed E-state index contributed by atoms with van der Waals surface area (Å²) in [5.74, 6) is -0.233. The van der Waals surface area contributed by atoms with E-state index in [2.05, 4.69) is 6.92 Å². The monoisotopic (exact) mass is 247 g/mol. The number of carbonyl (C=O) groups excluding carboxylic acids is 1. The van der Waals surface area contributed by atoms with Gasteiger partial charge in [-0.1, -0.05) is 19.8 Å². The zero-order valence-corrected chi connectivity index (χ0v) is 11.1. The lowest BCUT2D eigenvalue weighted by Crippen LogP contribution is -2.45. The van der Waals surface area contributed by atoms with Crippen LogP contribution in [0.5, 0.6) is 0 Å². The fourth-order valence-electron chi connectivity index (χ4n) is 1.74. The maximum absolute atomic E-state index is 11.7. The normalized spacial score (nSPS) is 12.8. The van der Waals surface area contributed by atoms with Gasteiger partial charge in [-0.05, 0) is 6.42 Å². The summed E-state index contributed by atoms with van der Waals surface area (Å²) < 4.78 is 9.82. The topological polar surface area (TPSA) is 59.0 Å². The molecule has 0 aromatic rings. The molecule has 0 radical (unpaired) electrons. The number of aliphatic hydroxyl groups excluding tert-OH is 1. The Hall–Kier alpha value is -0.650. The predicted molar refractivity (Wildman–Crippen MR) is 65.9 cm³/mol. The average Bonchev–Trinajstić information content (AvgIpc) is 2.35. The van der Waals surface area contributed by atoms with Crippen molar-refractivity contribution in [2.75, 3.05) is 40.5 Å². The fraction of sp³-hybridized carbons (Fsp3) is 0.917. The first-order valence-electron chi connectivity index (χ1n) is 6.12. The molecule has 17 heavy (non-hydrogen) atoms. The van der Waals surface area contributed by atoms with Crippen LogP contribution in [0.4, 0.5) is 0 Å². The summed E-state index contributed by atoms with van der Waals surface area (Å²) in [5.41, 5.74) is 0. The molecule has 5 nitrogen and oxygen atoms in total. The van der Waals surface area contributed by atoms with Crippen LogP contribution in [0.1, 0.15) is 26.2 Å². The van der Waals surface area contributed by atoms with Crippen molar-refractivity contribution < 1.29 is 19.4 Å². The number of rotatable bonds is 10. The van der Waals surface area contributed by atoms with Crippen LogP contribution in [0.25, 0.3) is 0 Å². The SMILES string of the molecule is CCCCC(C(=O)OC)N(CCO)CCOC. The second-order valence-corrected chi connectivity index (χ2v) is 3.93. The Morgan fingerprint density at radius 3 is 2.53 bits per heavy atom. The lowest BCUT2D eigenvalue weighted by Gasteiger charge is -2.28. The van der Waals surface area contributed by atoms with E-state index in [1.165, 1.54) is 7.11 Å². The number of esters is 1. The van der Waals surface area contributed by atoms with E-state index < -0.39 is 0 Å². The summed E-state index contributed by atoms with van der Waals surface area (Å²) in [6.45, 7) is 3.75. The van der Waals surface area contributed by atoms with Gasteiger partial charge >= 0.3 is 5.97 Å². The summed E-state index contributed by atoms with van der Waals surface area (Å²) in [7, 11) is 3.02. The number of hydrogen-bond acceptors (Lipinski definition) is 5. The zero-order chi connectivity index (χ0) is 13.1. The molecule has 5 heteroatoms. The van der Waals surface area contributed by atoms with Gasteiger partial charge in [0.2, 0.25) is 0 Å². The number of unbranched alkanes of at least 4 members (excludes halogenated alkanes) is 1. The van der Waals surface area contributed by atoms with E-state index in [0.29, 0.717) is 19.7 Å². The molecule has 0 aromatic carbocycles. The molecule has 0 aromatic heterocycles. The molecule has 1 atom stereocenters. The van der Waals surface area contributed by atoms with Crippen molar-refractivity contribution in [2.45, 2.75) is 32.2 Å². The van der Waals surface area contributed by atoms with Crippen molar-refractivity contribution in [2.24, 2.45) is 0 Å². The predicted octanol–water partition coefficient (Wildman–Crippen LogP) is 0.659. The molecular formula is C12H25NO4. The number of ether oxygens (including phenoxy) is 2. The molecule has 0 amide bonds. The Morgan fingerprint density at radius 1 is 1.35 bits per heavy atom. The first kappa shape index (κ1) is 16.4. The zero-order valence-electron chi connectivity index (χ0n) is 11.1. The highest BCUT2D eigenvalue weighted by molar-refractivity contribution is 5.75. The molecule has 1 unspecified atom stereocenters. The lowest BCUT2D eigenvalue weighted by atomic mass is 10.1. The van der Waals surface area contributed by atoms with Gasteiger partial charge in [0.15, 0.2) is 0 Å². The standard InChI is InChI=1S/C12H25NO4/c1-4-5-6-11(12(15)17-3)13(7-9-14)8-10-16-2/h11,14H,4-10H2,1-3H3. The molecular weight excluding hydrogens is 222 g/mol. The van der Waals surface area contributed by atoms with Gasteiger partial charge in [-0.15, -0.1) is 0 Å². The van der Waals surface area contributed by atoms with Crippen molar-refractivity contribution >= 4 is 5.97 Å². The third-order valence-electron chi connectivity index (χ3n) is 2.71. The van der Waals surface area contributed by atoms with E-state index in [1.807, 2.05) is 4.90 Å². The van der Waals surface area contributed by atoms with Crippen LogP contribution in [0, 0.1) is 0 Å². The first-order chi connectivity index (χ1) is 8.21. The van der Waals surface area contributed by atoms with E-state index in [1.54, 1.807) is 7.11 Å². The van der Waals surface area contributed by atoms with Gasteiger partial charge in [0.25, 0.3) is 0 Å². The minimum Gasteiger partial charge on any atom is -0.468 e. The highest BCUT2D eigenvalue weighted by Gasteiger charge is 2.25. The first-order valence-corrected chi connectivity index (χ1v) is 6.12. The third kappa shape index (κ3) is 6.61. The van der Waals surface area contributed by atoms with E-state index in [0.717, 1.165) is 19.3 Å². The van der Waals surface area contributed by atoms with Crippen molar-refractivity contribution in [1.29, 1.82) is 0 Å². The molecule has 0 aliphatic carbocycles. The number of hydrogen-bond donors (Lipinski definition) is 1. The summed E-state index contributed by atoms with van der Waals surface area (Å²) in [6, 6.07) is -0.276. The van der Waals surface area contributed by atoms with Gasteiger partial charge in [-0.25, -0.2) is 0 Å². The minimum absolute atomic E-state index is 0.0311. The molecule has 0 fully saturated rings. The van der Waals surface area contributed by atoms with Crippen LogP contribution in [0.3, 0.4) is 0 Å². The summed E-state index contributed by atoms with van der Waals surface area (Å²) in [5, 5.41) is 9.03. The Kier molecular flexibility index (Phi) is 10.1. The molecule has 0 heterocycles. The smallest absolute Gasteiger partial charge is 0.323 e. The van der Waals surface area contributed by atoms with E-state index >= 15 is 0 Å². The highest BCUT2D eigenvalue weighted by Crippen LogP contribution is 2.10. The van der Waals surface area contributed by atoms with Crippen molar-refractivity contribution in [1.82, 2.24) is 4.90 Å². The fourth-order valence-corrected chi connectivity index (χ4v) is 1.74. The minimum atomic E-state index is -0.276. The summed E-state index contributed by atoms with van der Waals surface area (Å²) in [4.78, 5) is 13.6. The average molecular weight is 247 g/mol. The molecule has 0 spiro atoms. The van der Waals surface area contributed by atoms with E-state index in [4.69, 9.17) is 14.6 Å². The van der Waals surface area contributed by atoms with Crippen molar-refractivity contribution in [3.05, 3.63) is 0 Å².